The van der Waals surface area contributed by atoms with Crippen molar-refractivity contribution in [3.05, 3.63) is 69.7 Å². The molecule has 19 heavy (non-hydrogen) atoms. The maximum absolute atomic E-state index is 12.2. The normalized spacial score (nSPS) is 12.4. The Bertz CT molecular complexity index is 587. The fraction of sp³-hybridized carbons (Fsp3) is 0.250. The summed E-state index contributed by atoms with van der Waals surface area (Å²) >= 11 is 5.93. The second-order valence-electron chi connectivity index (χ2n) is 4.85. The van der Waals surface area contributed by atoms with E-state index in [1.165, 1.54) is 11.1 Å². The van der Waals surface area contributed by atoms with Crippen molar-refractivity contribution in [3.8, 4) is 0 Å². The van der Waals surface area contributed by atoms with Crippen molar-refractivity contribution < 1.29 is 4.21 Å². The molecule has 0 heterocycles. The number of aryl methyl sites for hydroxylation is 2. The molecule has 1 nitrogen and oxygen atoms in total. The maximum atomic E-state index is 12.2. The summed E-state index contributed by atoms with van der Waals surface area (Å²) in [6.45, 7) is 4.13. The first-order chi connectivity index (χ1) is 9.02. The largest absolute Gasteiger partial charge is 0.259 e. The van der Waals surface area contributed by atoms with Crippen LogP contribution in [0.15, 0.2) is 42.5 Å². The van der Waals surface area contributed by atoms with Crippen molar-refractivity contribution in [2.45, 2.75) is 25.4 Å². The highest BCUT2D eigenvalue weighted by Gasteiger charge is 2.05. The van der Waals surface area contributed by atoms with Gasteiger partial charge in [0, 0.05) is 27.3 Å². The first-order valence-electron chi connectivity index (χ1n) is 6.19. The van der Waals surface area contributed by atoms with Crippen molar-refractivity contribution in [2.24, 2.45) is 0 Å². The van der Waals surface area contributed by atoms with Crippen LogP contribution < -0.4 is 0 Å². The van der Waals surface area contributed by atoms with Crippen molar-refractivity contribution in [2.75, 3.05) is 0 Å². The lowest BCUT2D eigenvalue weighted by Gasteiger charge is -2.06. The molecule has 0 aromatic heterocycles. The van der Waals surface area contributed by atoms with E-state index in [4.69, 9.17) is 11.6 Å². The van der Waals surface area contributed by atoms with Crippen LogP contribution in [0.1, 0.15) is 22.3 Å². The Hall–Kier alpha value is -1.12. The molecule has 1 unspecified atom stereocenters. The van der Waals surface area contributed by atoms with Crippen molar-refractivity contribution in [3.63, 3.8) is 0 Å². The highest BCUT2D eigenvalue weighted by atomic mass is 35.5. The lowest BCUT2D eigenvalue weighted by atomic mass is 10.1. The van der Waals surface area contributed by atoms with Crippen LogP contribution >= 0.6 is 11.6 Å². The van der Waals surface area contributed by atoms with Gasteiger partial charge in [-0.3, -0.25) is 4.21 Å². The minimum Gasteiger partial charge on any atom is -0.259 e. The first kappa shape index (κ1) is 14.3. The molecule has 0 aliphatic heterocycles. The summed E-state index contributed by atoms with van der Waals surface area (Å²) in [6, 6.07) is 13.9. The molecule has 0 radical (unpaired) electrons. The number of rotatable bonds is 4. The molecule has 0 saturated carbocycles. The lowest BCUT2D eigenvalue weighted by Crippen LogP contribution is -2.00. The van der Waals surface area contributed by atoms with Crippen LogP contribution in [0, 0.1) is 13.8 Å². The number of halogens is 1. The maximum Gasteiger partial charge on any atom is 0.0489 e. The minimum absolute atomic E-state index is 0.549. The molecule has 100 valence electrons. The zero-order chi connectivity index (χ0) is 13.8. The second-order valence-corrected chi connectivity index (χ2v) is 6.75. The molecule has 0 bridgehead atoms. The molecule has 0 fully saturated rings. The molecule has 3 heteroatoms. The molecular formula is C16H17ClOS. The average molecular weight is 293 g/mol. The Labute approximate surface area is 122 Å². The Morgan fingerprint density at radius 2 is 1.58 bits per heavy atom. The van der Waals surface area contributed by atoms with E-state index in [2.05, 4.69) is 32.0 Å². The summed E-state index contributed by atoms with van der Waals surface area (Å²) in [5, 5.41) is 0.695. The van der Waals surface area contributed by atoms with Crippen LogP contribution in [-0.2, 0) is 22.3 Å². The van der Waals surface area contributed by atoms with Gasteiger partial charge in [0.05, 0.1) is 0 Å². The van der Waals surface area contributed by atoms with E-state index < -0.39 is 10.8 Å². The molecular weight excluding hydrogens is 276 g/mol. The highest BCUT2D eigenvalue weighted by molar-refractivity contribution is 7.83. The Morgan fingerprint density at radius 3 is 2.21 bits per heavy atom. The second kappa shape index (κ2) is 6.36. The zero-order valence-corrected chi connectivity index (χ0v) is 12.7. The van der Waals surface area contributed by atoms with E-state index in [9.17, 15) is 4.21 Å². The molecule has 0 N–H and O–H groups in total. The van der Waals surface area contributed by atoms with E-state index in [0.29, 0.717) is 16.5 Å². The molecule has 1 atom stereocenters. The third-order valence-corrected chi connectivity index (χ3v) is 4.37. The Balaban J connectivity index is 2.05. The van der Waals surface area contributed by atoms with Gasteiger partial charge in [0.25, 0.3) is 0 Å². The molecule has 2 aromatic carbocycles. The minimum atomic E-state index is -0.905. The first-order valence-corrected chi connectivity index (χ1v) is 8.06. The topological polar surface area (TPSA) is 17.1 Å². The fourth-order valence-corrected chi connectivity index (χ4v) is 3.61. The van der Waals surface area contributed by atoms with Crippen LogP contribution in [0.3, 0.4) is 0 Å². The monoisotopic (exact) mass is 292 g/mol. The SMILES string of the molecule is Cc1cc(C)cc(CS(=O)Cc2cccc(Cl)c2)c1. The lowest BCUT2D eigenvalue weighted by molar-refractivity contribution is 0.682. The van der Waals surface area contributed by atoms with Gasteiger partial charge >= 0.3 is 0 Å². The van der Waals surface area contributed by atoms with Gasteiger partial charge in [-0.15, -0.1) is 0 Å². The van der Waals surface area contributed by atoms with Crippen LogP contribution in [-0.4, -0.2) is 4.21 Å². The molecule has 2 aromatic rings. The van der Waals surface area contributed by atoms with Crippen molar-refractivity contribution in [1.82, 2.24) is 0 Å². The van der Waals surface area contributed by atoms with Gasteiger partial charge in [0.2, 0.25) is 0 Å². The van der Waals surface area contributed by atoms with Gasteiger partial charge in [0.15, 0.2) is 0 Å². The molecule has 0 saturated heterocycles. The fourth-order valence-electron chi connectivity index (χ4n) is 2.20. The number of hydrogen-bond donors (Lipinski definition) is 0. The molecule has 0 aliphatic carbocycles. The van der Waals surface area contributed by atoms with Crippen molar-refractivity contribution >= 4 is 22.4 Å². The van der Waals surface area contributed by atoms with E-state index in [1.54, 1.807) is 0 Å². The van der Waals surface area contributed by atoms with E-state index in [0.717, 1.165) is 11.1 Å². The zero-order valence-electron chi connectivity index (χ0n) is 11.2. The summed E-state index contributed by atoms with van der Waals surface area (Å²) in [6.07, 6.45) is 0. The average Bonchev–Trinajstić information content (AvgIpc) is 2.26. The summed E-state index contributed by atoms with van der Waals surface area (Å²) < 4.78 is 12.2. The van der Waals surface area contributed by atoms with Gasteiger partial charge < -0.3 is 0 Å². The number of hydrogen-bond acceptors (Lipinski definition) is 1. The van der Waals surface area contributed by atoms with Crippen LogP contribution in [0.25, 0.3) is 0 Å². The van der Waals surface area contributed by atoms with E-state index in [1.807, 2.05) is 24.3 Å². The molecule has 0 aliphatic rings. The van der Waals surface area contributed by atoms with Crippen LogP contribution in [0.4, 0.5) is 0 Å². The third kappa shape index (κ3) is 4.48. The standard InChI is InChI=1S/C16H17ClOS/c1-12-6-13(2)8-15(7-12)11-19(18)10-14-4-3-5-16(17)9-14/h3-9H,10-11H2,1-2H3. The summed E-state index contributed by atoms with van der Waals surface area (Å²) in [5.74, 6) is 1.14. The van der Waals surface area contributed by atoms with Crippen molar-refractivity contribution in [1.29, 1.82) is 0 Å². The molecule has 2 rings (SSSR count). The summed E-state index contributed by atoms with van der Waals surface area (Å²) in [7, 11) is -0.905. The van der Waals surface area contributed by atoms with Crippen LogP contribution in [0.2, 0.25) is 5.02 Å². The molecule has 0 amide bonds. The predicted octanol–water partition coefficient (Wildman–Crippen LogP) is 4.41. The summed E-state index contributed by atoms with van der Waals surface area (Å²) in [5.41, 5.74) is 4.59. The molecule has 0 spiro atoms. The Morgan fingerprint density at radius 1 is 0.947 bits per heavy atom. The smallest absolute Gasteiger partial charge is 0.0489 e. The quantitative estimate of drug-likeness (QED) is 0.816. The highest BCUT2D eigenvalue weighted by Crippen LogP contribution is 2.15. The summed E-state index contributed by atoms with van der Waals surface area (Å²) in [4.78, 5) is 0. The van der Waals surface area contributed by atoms with Gasteiger partial charge in [0.1, 0.15) is 0 Å². The van der Waals surface area contributed by atoms with Gasteiger partial charge in [-0.2, -0.15) is 0 Å². The van der Waals surface area contributed by atoms with Gasteiger partial charge in [-0.05, 0) is 37.1 Å². The van der Waals surface area contributed by atoms with Gasteiger partial charge in [-0.25, -0.2) is 0 Å². The Kier molecular flexibility index (Phi) is 4.78. The van der Waals surface area contributed by atoms with E-state index in [-0.39, 0.29) is 0 Å². The van der Waals surface area contributed by atoms with Crippen LogP contribution in [0.5, 0.6) is 0 Å². The third-order valence-electron chi connectivity index (χ3n) is 2.83. The predicted molar refractivity (Wildman–Crippen MR) is 82.9 cm³/mol. The van der Waals surface area contributed by atoms with Gasteiger partial charge in [-0.1, -0.05) is 53.1 Å². The number of benzene rings is 2. The van der Waals surface area contributed by atoms with E-state index >= 15 is 0 Å².